The van der Waals surface area contributed by atoms with Gasteiger partial charge in [0.1, 0.15) is 4.88 Å². The van der Waals surface area contributed by atoms with Crippen molar-refractivity contribution < 1.29 is 9.18 Å². The Labute approximate surface area is 88.9 Å². The highest BCUT2D eigenvalue weighted by Gasteiger charge is 2.10. The average molecular weight is 226 g/mol. The first-order valence-electron chi connectivity index (χ1n) is 3.97. The molecular weight excluding hydrogens is 219 g/mol. The second-order valence-electron chi connectivity index (χ2n) is 2.76. The van der Waals surface area contributed by atoms with Gasteiger partial charge < -0.3 is 0 Å². The minimum absolute atomic E-state index is 0.179. The van der Waals surface area contributed by atoms with Crippen molar-refractivity contribution in [3.8, 4) is 0 Å². The molecule has 0 fully saturated rings. The van der Waals surface area contributed by atoms with E-state index < -0.39 is 5.82 Å². The fourth-order valence-corrected chi connectivity index (χ4v) is 2.72. The highest BCUT2D eigenvalue weighted by atomic mass is 32.2. The van der Waals surface area contributed by atoms with Gasteiger partial charge in [0.15, 0.2) is 12.1 Å². The summed E-state index contributed by atoms with van der Waals surface area (Å²) in [7, 11) is 0. The van der Waals surface area contributed by atoms with Crippen molar-refractivity contribution in [2.75, 3.05) is 6.26 Å². The van der Waals surface area contributed by atoms with Crippen molar-refractivity contribution in [1.82, 2.24) is 0 Å². The fraction of sp³-hybridized carbons (Fsp3) is 0.100. The molecule has 2 aromatic rings. The Morgan fingerprint density at radius 2 is 2.29 bits per heavy atom. The number of carbonyl (C=O) groups is 1. The molecule has 0 unspecified atom stereocenters. The van der Waals surface area contributed by atoms with Crippen LogP contribution in [-0.4, -0.2) is 12.5 Å². The molecule has 0 atom stereocenters. The Morgan fingerprint density at radius 1 is 1.50 bits per heavy atom. The van der Waals surface area contributed by atoms with E-state index in [1.807, 2.05) is 18.4 Å². The maximum Gasteiger partial charge on any atom is 0.163 e. The summed E-state index contributed by atoms with van der Waals surface area (Å²) in [5, 5.41) is 0.537. The van der Waals surface area contributed by atoms with Crippen LogP contribution in [-0.2, 0) is 0 Å². The lowest BCUT2D eigenvalue weighted by Gasteiger charge is -1.94. The van der Waals surface area contributed by atoms with Gasteiger partial charge >= 0.3 is 0 Å². The van der Waals surface area contributed by atoms with Crippen LogP contribution in [0.5, 0.6) is 0 Å². The lowest BCUT2D eigenvalue weighted by Crippen LogP contribution is -1.76. The summed E-state index contributed by atoms with van der Waals surface area (Å²) in [4.78, 5) is 11.8. The molecule has 1 heterocycles. The van der Waals surface area contributed by atoms with Gasteiger partial charge in [-0.3, -0.25) is 4.79 Å². The van der Waals surface area contributed by atoms with Gasteiger partial charge in [0, 0.05) is 15.0 Å². The van der Waals surface area contributed by atoms with E-state index in [-0.39, 0.29) is 4.88 Å². The summed E-state index contributed by atoms with van der Waals surface area (Å²) in [6, 6.07) is 5.48. The molecule has 0 aliphatic rings. The molecule has 72 valence electrons. The lowest BCUT2D eigenvalue weighted by atomic mass is 10.2. The summed E-state index contributed by atoms with van der Waals surface area (Å²) in [6.45, 7) is 0. The van der Waals surface area contributed by atoms with Crippen LogP contribution in [0.2, 0.25) is 0 Å². The van der Waals surface area contributed by atoms with Crippen molar-refractivity contribution in [3.63, 3.8) is 0 Å². The number of thiophene rings is 1. The number of aldehydes is 1. The molecule has 2 rings (SSSR count). The van der Waals surface area contributed by atoms with Crippen LogP contribution in [0.3, 0.4) is 0 Å². The maximum atomic E-state index is 13.4. The summed E-state index contributed by atoms with van der Waals surface area (Å²) in [5.41, 5.74) is 0. The van der Waals surface area contributed by atoms with Gasteiger partial charge in [-0.2, -0.15) is 0 Å². The normalized spacial score (nSPS) is 10.7. The molecule has 0 N–H and O–H groups in total. The monoisotopic (exact) mass is 226 g/mol. The van der Waals surface area contributed by atoms with Crippen molar-refractivity contribution >= 4 is 39.5 Å². The maximum absolute atomic E-state index is 13.4. The number of fused-ring (bicyclic) bond motifs is 1. The molecule has 0 saturated heterocycles. The zero-order valence-electron chi connectivity index (χ0n) is 7.41. The molecule has 0 spiro atoms. The Hall–Kier alpha value is -0.870. The van der Waals surface area contributed by atoms with E-state index in [9.17, 15) is 9.18 Å². The van der Waals surface area contributed by atoms with E-state index in [1.165, 1.54) is 11.3 Å². The number of hydrogen-bond donors (Lipinski definition) is 0. The third-order valence-electron chi connectivity index (χ3n) is 1.97. The highest BCUT2D eigenvalue weighted by molar-refractivity contribution is 7.98. The molecule has 1 nitrogen and oxygen atoms in total. The third kappa shape index (κ3) is 1.44. The summed E-state index contributed by atoms with van der Waals surface area (Å²) >= 11 is 2.80. The summed E-state index contributed by atoms with van der Waals surface area (Å²) in [5.74, 6) is -0.396. The molecule has 0 amide bonds. The molecule has 0 radical (unpaired) electrons. The zero-order chi connectivity index (χ0) is 10.1. The van der Waals surface area contributed by atoms with E-state index in [1.54, 1.807) is 17.8 Å². The van der Waals surface area contributed by atoms with E-state index in [0.717, 1.165) is 9.60 Å². The summed E-state index contributed by atoms with van der Waals surface area (Å²) < 4.78 is 14.3. The topological polar surface area (TPSA) is 17.1 Å². The second-order valence-corrected chi connectivity index (χ2v) is 4.72. The zero-order valence-corrected chi connectivity index (χ0v) is 9.05. The molecule has 4 heteroatoms. The third-order valence-corrected chi connectivity index (χ3v) is 3.75. The largest absolute Gasteiger partial charge is 0.297 e. The quantitative estimate of drug-likeness (QED) is 0.575. The van der Waals surface area contributed by atoms with Gasteiger partial charge in [0.25, 0.3) is 0 Å². The number of carbonyl (C=O) groups excluding carboxylic acids is 1. The van der Waals surface area contributed by atoms with Gasteiger partial charge in [-0.05, 0) is 24.5 Å². The van der Waals surface area contributed by atoms with Gasteiger partial charge in [-0.25, -0.2) is 4.39 Å². The number of rotatable bonds is 2. The van der Waals surface area contributed by atoms with Gasteiger partial charge in [0.05, 0.1) is 0 Å². The minimum Gasteiger partial charge on any atom is -0.297 e. The molecule has 0 bridgehead atoms. The molecular formula is C10H7FOS2. The summed E-state index contributed by atoms with van der Waals surface area (Å²) in [6.07, 6.45) is 2.53. The van der Waals surface area contributed by atoms with Gasteiger partial charge in [-0.1, -0.05) is 0 Å². The molecule has 1 aromatic heterocycles. The Kier molecular flexibility index (Phi) is 2.56. The van der Waals surface area contributed by atoms with E-state index in [2.05, 4.69) is 0 Å². The predicted octanol–water partition coefficient (Wildman–Crippen LogP) is 3.57. The van der Waals surface area contributed by atoms with Crippen LogP contribution in [0.4, 0.5) is 4.39 Å². The lowest BCUT2D eigenvalue weighted by molar-refractivity contribution is 0.112. The first-order valence-corrected chi connectivity index (χ1v) is 6.01. The average Bonchev–Trinajstić information content (AvgIpc) is 2.55. The molecule has 1 aromatic carbocycles. The first kappa shape index (κ1) is 9.68. The number of benzene rings is 1. The van der Waals surface area contributed by atoms with Crippen LogP contribution in [0.1, 0.15) is 9.67 Å². The molecule has 0 saturated carbocycles. The first-order chi connectivity index (χ1) is 6.76. The number of hydrogen-bond acceptors (Lipinski definition) is 3. The molecule has 0 aliphatic carbocycles. The van der Waals surface area contributed by atoms with Crippen LogP contribution in [0.15, 0.2) is 23.1 Å². The fourth-order valence-electron chi connectivity index (χ4n) is 1.27. The van der Waals surface area contributed by atoms with Crippen LogP contribution in [0, 0.1) is 5.82 Å². The number of halogens is 1. The minimum atomic E-state index is -0.396. The van der Waals surface area contributed by atoms with E-state index in [4.69, 9.17) is 0 Å². The van der Waals surface area contributed by atoms with E-state index >= 15 is 0 Å². The van der Waals surface area contributed by atoms with Crippen molar-refractivity contribution in [3.05, 3.63) is 28.9 Å². The molecule has 14 heavy (non-hydrogen) atoms. The van der Waals surface area contributed by atoms with Crippen LogP contribution < -0.4 is 0 Å². The second kappa shape index (κ2) is 3.71. The standard InChI is InChI=1S/C10H7FOS2/c1-13-6-2-3-7-8(4-6)14-9(5-12)10(7)11/h2-5H,1H3. The van der Waals surface area contributed by atoms with Crippen molar-refractivity contribution in [1.29, 1.82) is 0 Å². The van der Waals surface area contributed by atoms with Crippen LogP contribution >= 0.6 is 23.1 Å². The SMILES string of the molecule is CSc1ccc2c(F)c(C=O)sc2c1. The smallest absolute Gasteiger partial charge is 0.163 e. The Morgan fingerprint density at radius 3 is 2.93 bits per heavy atom. The molecule has 0 aliphatic heterocycles. The Bertz CT molecular complexity index is 490. The predicted molar refractivity (Wildman–Crippen MR) is 59.0 cm³/mol. The Balaban J connectivity index is 2.72. The highest BCUT2D eigenvalue weighted by Crippen LogP contribution is 2.31. The number of thioether (sulfide) groups is 1. The van der Waals surface area contributed by atoms with Gasteiger partial charge in [0.2, 0.25) is 0 Å². The van der Waals surface area contributed by atoms with Crippen molar-refractivity contribution in [2.24, 2.45) is 0 Å². The van der Waals surface area contributed by atoms with Crippen molar-refractivity contribution in [2.45, 2.75) is 4.90 Å². The van der Waals surface area contributed by atoms with E-state index in [0.29, 0.717) is 11.7 Å². The van der Waals surface area contributed by atoms with Gasteiger partial charge in [-0.15, -0.1) is 23.1 Å². The van der Waals surface area contributed by atoms with Crippen LogP contribution in [0.25, 0.3) is 10.1 Å².